The molecule has 1 aliphatic carbocycles. The molecule has 0 saturated carbocycles. The van der Waals surface area contributed by atoms with E-state index in [1.54, 1.807) is 6.20 Å². The fourth-order valence-electron chi connectivity index (χ4n) is 7.02. The number of nitrogens with zero attached hydrogens (tertiary/aromatic N) is 5. The Morgan fingerprint density at radius 2 is 1.96 bits per heavy atom. The van der Waals surface area contributed by atoms with Crippen LogP contribution in [-0.4, -0.2) is 41.3 Å². The molecule has 242 valence electrons. The standard InChI is InChI=1S/C32H26F5N7O2S/c1-3-10-44-18(14-5-4-13-8-9-41-28(39)19(13)14)12-46-26-22-25(42-31(45-2)43-30(22)44)24(34)21(23(26)32(35,36)37)15-6-7-17(33)27-20(15)16(11-38)29(40)47-27/h6-9,14,18H,3-5,10,12,40H2,1-2H3,(H2,39,41). The van der Waals surface area contributed by atoms with Gasteiger partial charge in [0.1, 0.15) is 52.0 Å². The largest absolute Gasteiger partial charge is 0.490 e. The fourth-order valence-corrected chi connectivity index (χ4v) is 7.97. The van der Waals surface area contributed by atoms with Gasteiger partial charge in [-0.1, -0.05) is 13.0 Å². The molecule has 2 aromatic carbocycles. The summed E-state index contributed by atoms with van der Waals surface area (Å²) in [5.41, 5.74) is 10.6. The van der Waals surface area contributed by atoms with Crippen molar-refractivity contribution < 1.29 is 31.4 Å². The smallest absolute Gasteiger partial charge is 0.420 e. The highest BCUT2D eigenvalue weighted by Crippen LogP contribution is 2.54. The first-order valence-corrected chi connectivity index (χ1v) is 15.5. The van der Waals surface area contributed by atoms with E-state index in [1.165, 1.54) is 7.11 Å². The molecule has 7 rings (SSSR count). The van der Waals surface area contributed by atoms with E-state index in [0.29, 0.717) is 43.0 Å². The zero-order valence-electron chi connectivity index (χ0n) is 25.0. The highest BCUT2D eigenvalue weighted by molar-refractivity contribution is 7.23. The molecular weight excluding hydrogens is 641 g/mol. The molecule has 0 radical (unpaired) electrons. The number of aromatic nitrogens is 3. The van der Waals surface area contributed by atoms with Crippen LogP contribution in [0.4, 0.5) is 38.6 Å². The van der Waals surface area contributed by atoms with E-state index in [1.807, 2.05) is 24.0 Å². The van der Waals surface area contributed by atoms with E-state index >= 15 is 17.6 Å². The van der Waals surface area contributed by atoms with Gasteiger partial charge in [0.2, 0.25) is 0 Å². The maximum Gasteiger partial charge on any atom is 0.420 e. The monoisotopic (exact) mass is 667 g/mol. The molecule has 0 amide bonds. The van der Waals surface area contributed by atoms with Gasteiger partial charge in [0.15, 0.2) is 5.82 Å². The van der Waals surface area contributed by atoms with Gasteiger partial charge in [-0.2, -0.15) is 28.4 Å². The molecule has 0 bridgehead atoms. The van der Waals surface area contributed by atoms with Gasteiger partial charge < -0.3 is 25.8 Å². The Balaban J connectivity index is 1.58. The lowest BCUT2D eigenvalue weighted by Crippen LogP contribution is -2.43. The lowest BCUT2D eigenvalue weighted by Gasteiger charge is -2.35. The van der Waals surface area contributed by atoms with Crippen LogP contribution in [0.15, 0.2) is 24.4 Å². The first-order chi connectivity index (χ1) is 22.5. The minimum Gasteiger partial charge on any atom is -0.490 e. The summed E-state index contributed by atoms with van der Waals surface area (Å²) >= 11 is 0.688. The van der Waals surface area contributed by atoms with Crippen LogP contribution in [0.1, 0.15) is 47.9 Å². The maximum atomic E-state index is 17.0. The molecule has 0 fully saturated rings. The van der Waals surface area contributed by atoms with Gasteiger partial charge in [-0.05, 0) is 42.5 Å². The number of nitrogen functional groups attached to an aromatic ring is 2. The Bertz CT molecular complexity index is 2150. The number of halogens is 5. The predicted octanol–water partition coefficient (Wildman–Crippen LogP) is 6.96. The number of anilines is 3. The van der Waals surface area contributed by atoms with E-state index in [4.69, 9.17) is 20.9 Å². The second kappa shape index (κ2) is 11.1. The molecule has 3 aromatic heterocycles. The average Bonchev–Trinajstić information content (AvgIpc) is 3.58. The normalized spacial score (nSPS) is 17.4. The topological polar surface area (TPSA) is 136 Å². The van der Waals surface area contributed by atoms with Crippen molar-refractivity contribution in [2.24, 2.45) is 0 Å². The summed E-state index contributed by atoms with van der Waals surface area (Å²) < 4.78 is 89.4. The zero-order valence-corrected chi connectivity index (χ0v) is 25.8. The van der Waals surface area contributed by atoms with Crippen LogP contribution in [0.5, 0.6) is 11.8 Å². The lowest BCUT2D eigenvalue weighted by atomic mass is 9.91. The second-order valence-corrected chi connectivity index (χ2v) is 12.4. The van der Waals surface area contributed by atoms with Crippen molar-refractivity contribution in [2.75, 3.05) is 36.6 Å². The van der Waals surface area contributed by atoms with Gasteiger partial charge in [0, 0.05) is 35.2 Å². The number of alkyl halides is 3. The van der Waals surface area contributed by atoms with Gasteiger partial charge in [-0.25, -0.2) is 13.8 Å². The summed E-state index contributed by atoms with van der Waals surface area (Å²) in [6.45, 7) is 1.99. The molecule has 5 aromatic rings. The summed E-state index contributed by atoms with van der Waals surface area (Å²) in [7, 11) is 1.27. The Hall–Kier alpha value is -4.97. The van der Waals surface area contributed by atoms with Crippen molar-refractivity contribution >= 4 is 49.0 Å². The van der Waals surface area contributed by atoms with Gasteiger partial charge >= 0.3 is 12.2 Å². The summed E-state index contributed by atoms with van der Waals surface area (Å²) in [5.74, 6) is -2.82. The predicted molar refractivity (Wildman–Crippen MR) is 168 cm³/mol. The highest BCUT2D eigenvalue weighted by atomic mass is 32.1. The first-order valence-electron chi connectivity index (χ1n) is 14.7. The van der Waals surface area contributed by atoms with E-state index in [-0.39, 0.29) is 56.0 Å². The van der Waals surface area contributed by atoms with E-state index in [2.05, 4.69) is 15.0 Å². The van der Waals surface area contributed by atoms with Crippen molar-refractivity contribution in [3.63, 3.8) is 0 Å². The van der Waals surface area contributed by atoms with Crippen molar-refractivity contribution in [1.29, 1.82) is 5.26 Å². The number of rotatable bonds is 5. The van der Waals surface area contributed by atoms with E-state index < -0.39 is 46.2 Å². The number of aryl methyl sites for hydroxylation is 1. The Morgan fingerprint density at radius 1 is 1.17 bits per heavy atom. The van der Waals surface area contributed by atoms with E-state index in [9.17, 15) is 9.65 Å². The summed E-state index contributed by atoms with van der Waals surface area (Å²) in [5, 5.41) is 9.21. The molecule has 4 heterocycles. The Morgan fingerprint density at radius 3 is 2.66 bits per heavy atom. The third-order valence-electron chi connectivity index (χ3n) is 8.87. The SMILES string of the molecule is CCCN1c2nc(OC)nc3c(F)c(-c4ccc(F)c5sc(N)c(C#N)c45)c(C(F)(F)F)c(c23)OCC1C1CCc2ccnc(N)c21. The van der Waals surface area contributed by atoms with Crippen molar-refractivity contribution in [3.8, 4) is 29.0 Å². The van der Waals surface area contributed by atoms with Gasteiger partial charge in [0.05, 0.1) is 28.8 Å². The number of hydrogen-bond donors (Lipinski definition) is 2. The molecule has 2 aliphatic rings. The van der Waals surface area contributed by atoms with Crippen molar-refractivity contribution in [1.82, 2.24) is 15.0 Å². The number of thiophene rings is 1. The van der Waals surface area contributed by atoms with Gasteiger partial charge in [-0.3, -0.25) is 0 Å². The van der Waals surface area contributed by atoms with Crippen LogP contribution in [0.2, 0.25) is 0 Å². The van der Waals surface area contributed by atoms with Crippen LogP contribution < -0.4 is 25.8 Å². The molecule has 0 saturated heterocycles. The summed E-state index contributed by atoms with van der Waals surface area (Å²) in [4.78, 5) is 14.8. The van der Waals surface area contributed by atoms with Crippen LogP contribution in [0.25, 0.3) is 32.1 Å². The highest BCUT2D eigenvalue weighted by Gasteiger charge is 2.46. The first kappa shape index (κ1) is 30.7. The van der Waals surface area contributed by atoms with Crippen LogP contribution in [0, 0.1) is 23.0 Å². The Kier molecular flexibility index (Phi) is 7.23. The molecule has 15 heteroatoms. The average molecular weight is 668 g/mol. The molecule has 4 N–H and O–H groups in total. The van der Waals surface area contributed by atoms with E-state index in [0.717, 1.165) is 23.3 Å². The minimum atomic E-state index is -5.18. The zero-order chi connectivity index (χ0) is 33.4. The fraction of sp³-hybridized carbons (Fsp3) is 0.312. The number of hydrogen-bond acceptors (Lipinski definition) is 10. The van der Waals surface area contributed by atoms with Crippen LogP contribution in [-0.2, 0) is 12.6 Å². The van der Waals surface area contributed by atoms with Crippen molar-refractivity contribution in [3.05, 3.63) is 58.3 Å². The third kappa shape index (κ3) is 4.56. The number of benzene rings is 2. The molecule has 0 spiro atoms. The minimum absolute atomic E-state index is 0.0137. The number of fused-ring (bicyclic) bond motifs is 2. The molecular formula is C32H26F5N7O2S. The molecule has 2 atom stereocenters. The van der Waals surface area contributed by atoms with Crippen molar-refractivity contribution in [2.45, 2.75) is 44.3 Å². The maximum absolute atomic E-state index is 17.0. The Labute approximate surface area is 268 Å². The number of methoxy groups -OCH3 is 1. The molecule has 2 unspecified atom stereocenters. The summed E-state index contributed by atoms with van der Waals surface area (Å²) in [6.07, 6.45) is -1.70. The second-order valence-electron chi connectivity index (χ2n) is 11.4. The molecule has 1 aliphatic heterocycles. The van der Waals surface area contributed by atoms with Crippen LogP contribution in [0.3, 0.4) is 0 Å². The van der Waals surface area contributed by atoms with Crippen LogP contribution >= 0.6 is 11.3 Å². The molecule has 47 heavy (non-hydrogen) atoms. The summed E-state index contributed by atoms with van der Waals surface area (Å²) in [6, 6.07) is 4.76. The number of nitrogens with two attached hydrogens (primary N) is 2. The molecule has 9 nitrogen and oxygen atoms in total. The quantitative estimate of drug-likeness (QED) is 0.191. The lowest BCUT2D eigenvalue weighted by molar-refractivity contribution is -0.138. The van der Waals surface area contributed by atoms with Gasteiger partial charge in [0.25, 0.3) is 0 Å². The third-order valence-corrected chi connectivity index (χ3v) is 9.90. The number of pyridine rings is 1. The van der Waals surface area contributed by atoms with Gasteiger partial charge in [-0.15, -0.1) is 11.3 Å². The number of ether oxygens (including phenoxy) is 2. The number of nitriles is 1.